The molecule has 0 atom stereocenters. The van der Waals surface area contributed by atoms with Crippen molar-refractivity contribution in [1.82, 2.24) is 9.88 Å². The maximum absolute atomic E-state index is 12.7. The monoisotopic (exact) mass is 327 g/mol. The van der Waals surface area contributed by atoms with Gasteiger partial charge in [-0.25, -0.2) is 0 Å². The van der Waals surface area contributed by atoms with Crippen molar-refractivity contribution >= 4 is 24.1 Å². The zero-order chi connectivity index (χ0) is 15.6. The van der Waals surface area contributed by atoms with Crippen LogP contribution in [0.2, 0.25) is 0 Å². The van der Waals surface area contributed by atoms with Gasteiger partial charge in [0.25, 0.3) is 5.91 Å². The van der Waals surface area contributed by atoms with E-state index in [2.05, 4.69) is 11.9 Å². The molecule has 1 aromatic rings. The molecule has 0 unspecified atom stereocenters. The highest BCUT2D eigenvalue weighted by Crippen LogP contribution is 2.23. The Balaban J connectivity index is 0.00000242. The van der Waals surface area contributed by atoms with Gasteiger partial charge in [0.15, 0.2) is 5.78 Å². The van der Waals surface area contributed by atoms with Gasteiger partial charge in [0.2, 0.25) is 0 Å². The first-order chi connectivity index (χ1) is 9.95. The van der Waals surface area contributed by atoms with E-state index in [1.165, 1.54) is 0 Å². The lowest BCUT2D eigenvalue weighted by Crippen LogP contribution is -2.43. The van der Waals surface area contributed by atoms with E-state index < -0.39 is 0 Å². The van der Waals surface area contributed by atoms with E-state index in [0.717, 1.165) is 36.9 Å². The summed E-state index contributed by atoms with van der Waals surface area (Å²) in [5, 5.41) is 0. The summed E-state index contributed by atoms with van der Waals surface area (Å²) in [5.74, 6) is 0.0212. The lowest BCUT2D eigenvalue weighted by atomic mass is 10.00. The minimum absolute atomic E-state index is 0. The predicted molar refractivity (Wildman–Crippen MR) is 89.9 cm³/mol. The number of nitrogens with two attached hydrogens (primary N) is 1. The molecule has 0 spiro atoms. The molecule has 1 aromatic heterocycles. The van der Waals surface area contributed by atoms with Gasteiger partial charge in [-0.05, 0) is 38.7 Å². The SMILES string of the molecule is CCCc1c(C(=O)N2CCC(N)CC2)[nH]c(C)c1C(C)=O.Cl. The summed E-state index contributed by atoms with van der Waals surface area (Å²) in [7, 11) is 0. The van der Waals surface area contributed by atoms with Crippen molar-refractivity contribution in [2.24, 2.45) is 5.73 Å². The lowest BCUT2D eigenvalue weighted by Gasteiger charge is -2.30. The highest BCUT2D eigenvalue weighted by Gasteiger charge is 2.27. The second-order valence-corrected chi connectivity index (χ2v) is 5.91. The summed E-state index contributed by atoms with van der Waals surface area (Å²) in [4.78, 5) is 29.6. The van der Waals surface area contributed by atoms with Gasteiger partial charge in [0.05, 0.1) is 0 Å². The number of H-pyrrole nitrogens is 1. The highest BCUT2D eigenvalue weighted by atomic mass is 35.5. The Bertz CT molecular complexity index is 546. The number of carbonyl (C=O) groups excluding carboxylic acids is 2. The van der Waals surface area contributed by atoms with Crippen molar-refractivity contribution in [3.05, 3.63) is 22.5 Å². The fraction of sp³-hybridized carbons (Fsp3) is 0.625. The molecular weight excluding hydrogens is 302 g/mol. The molecule has 1 aliphatic heterocycles. The van der Waals surface area contributed by atoms with Crippen molar-refractivity contribution in [3.63, 3.8) is 0 Å². The standard InChI is InChI=1S/C16H25N3O2.ClH/c1-4-5-13-14(11(3)20)10(2)18-15(13)16(21)19-8-6-12(17)7-9-19;/h12,18H,4-9,17H2,1-3H3;1H. The molecule has 0 aromatic carbocycles. The highest BCUT2D eigenvalue weighted by molar-refractivity contribution is 6.02. The van der Waals surface area contributed by atoms with Gasteiger partial charge in [-0.1, -0.05) is 13.3 Å². The van der Waals surface area contributed by atoms with E-state index in [4.69, 9.17) is 5.73 Å². The third-order valence-electron chi connectivity index (χ3n) is 4.18. The topological polar surface area (TPSA) is 79.2 Å². The van der Waals surface area contributed by atoms with Crippen LogP contribution in [0.1, 0.15) is 65.2 Å². The summed E-state index contributed by atoms with van der Waals surface area (Å²) >= 11 is 0. The van der Waals surface area contributed by atoms with Crippen LogP contribution in [-0.4, -0.2) is 40.7 Å². The predicted octanol–water partition coefficient (Wildman–Crippen LogP) is 2.46. The number of aromatic nitrogens is 1. The first-order valence-corrected chi connectivity index (χ1v) is 7.72. The lowest BCUT2D eigenvalue weighted by molar-refractivity contribution is 0.0708. The third-order valence-corrected chi connectivity index (χ3v) is 4.18. The quantitative estimate of drug-likeness (QED) is 0.834. The molecule has 22 heavy (non-hydrogen) atoms. The van der Waals surface area contributed by atoms with Crippen LogP contribution in [0.5, 0.6) is 0 Å². The number of piperidine rings is 1. The van der Waals surface area contributed by atoms with Crippen molar-refractivity contribution in [2.75, 3.05) is 13.1 Å². The molecule has 3 N–H and O–H groups in total. The average Bonchev–Trinajstić information content (AvgIpc) is 2.76. The first kappa shape index (κ1) is 18.7. The van der Waals surface area contributed by atoms with Crippen molar-refractivity contribution < 1.29 is 9.59 Å². The van der Waals surface area contributed by atoms with Crippen molar-refractivity contribution in [1.29, 1.82) is 0 Å². The molecule has 5 nitrogen and oxygen atoms in total. The number of halogens is 1. The molecule has 124 valence electrons. The second-order valence-electron chi connectivity index (χ2n) is 5.91. The van der Waals surface area contributed by atoms with Gasteiger partial charge < -0.3 is 15.6 Å². The number of amides is 1. The van der Waals surface area contributed by atoms with Crippen LogP contribution in [0.3, 0.4) is 0 Å². The molecule has 1 saturated heterocycles. The van der Waals surface area contributed by atoms with Gasteiger partial charge in [0.1, 0.15) is 5.69 Å². The van der Waals surface area contributed by atoms with Crippen LogP contribution < -0.4 is 5.73 Å². The molecule has 6 heteroatoms. The second kappa shape index (κ2) is 7.79. The van der Waals surface area contributed by atoms with Gasteiger partial charge in [-0.2, -0.15) is 0 Å². The van der Waals surface area contributed by atoms with Crippen LogP contribution in [0.15, 0.2) is 0 Å². The van der Waals surface area contributed by atoms with E-state index in [9.17, 15) is 9.59 Å². The summed E-state index contributed by atoms with van der Waals surface area (Å²) < 4.78 is 0. The normalized spacial score (nSPS) is 15.5. The number of nitrogens with zero attached hydrogens (tertiary/aromatic N) is 1. The van der Waals surface area contributed by atoms with Crippen molar-refractivity contribution in [3.8, 4) is 0 Å². The number of aryl methyl sites for hydroxylation is 1. The molecule has 0 bridgehead atoms. The number of ketones is 1. The van der Waals surface area contributed by atoms with Crippen LogP contribution in [0, 0.1) is 6.92 Å². The number of nitrogens with one attached hydrogen (secondary N) is 1. The summed E-state index contributed by atoms with van der Waals surface area (Å²) in [5.41, 5.74) is 8.84. The maximum Gasteiger partial charge on any atom is 0.270 e. The average molecular weight is 328 g/mol. The summed E-state index contributed by atoms with van der Waals surface area (Å²) in [6, 6.07) is 0.197. The number of rotatable bonds is 4. The Morgan fingerprint density at radius 2 is 1.91 bits per heavy atom. The zero-order valence-electron chi connectivity index (χ0n) is 13.6. The first-order valence-electron chi connectivity index (χ1n) is 7.72. The third kappa shape index (κ3) is 3.70. The maximum atomic E-state index is 12.7. The number of carbonyl (C=O) groups is 2. The van der Waals surface area contributed by atoms with Gasteiger partial charge >= 0.3 is 0 Å². The molecule has 2 rings (SSSR count). The van der Waals surface area contributed by atoms with E-state index in [0.29, 0.717) is 24.3 Å². The Hall–Kier alpha value is -1.33. The Labute approximate surface area is 138 Å². The number of likely N-dealkylation sites (tertiary alicyclic amines) is 1. The number of hydrogen-bond acceptors (Lipinski definition) is 3. The number of aromatic amines is 1. The van der Waals surface area contributed by atoms with Crippen LogP contribution >= 0.6 is 12.4 Å². The van der Waals surface area contributed by atoms with E-state index in [-0.39, 0.29) is 30.1 Å². The van der Waals surface area contributed by atoms with Gasteiger partial charge in [-0.3, -0.25) is 9.59 Å². The zero-order valence-corrected chi connectivity index (χ0v) is 14.4. The molecule has 1 aliphatic rings. The summed E-state index contributed by atoms with van der Waals surface area (Å²) in [6.45, 7) is 6.86. The van der Waals surface area contributed by atoms with E-state index >= 15 is 0 Å². The molecule has 0 radical (unpaired) electrons. The Kier molecular flexibility index (Phi) is 6.63. The molecule has 2 heterocycles. The molecule has 1 amide bonds. The Morgan fingerprint density at radius 3 is 2.41 bits per heavy atom. The molecule has 0 saturated carbocycles. The minimum Gasteiger partial charge on any atom is -0.354 e. The molecule has 1 fully saturated rings. The van der Waals surface area contributed by atoms with Gasteiger partial charge in [-0.15, -0.1) is 12.4 Å². The fourth-order valence-electron chi connectivity index (χ4n) is 3.10. The van der Waals surface area contributed by atoms with E-state index in [1.54, 1.807) is 6.92 Å². The largest absolute Gasteiger partial charge is 0.354 e. The fourth-order valence-corrected chi connectivity index (χ4v) is 3.10. The number of hydrogen-bond donors (Lipinski definition) is 2. The van der Waals surface area contributed by atoms with E-state index in [1.807, 2.05) is 11.8 Å². The molecule has 0 aliphatic carbocycles. The number of Topliss-reactive ketones (excluding diaryl/α,β-unsaturated/α-hetero) is 1. The Morgan fingerprint density at radius 1 is 1.32 bits per heavy atom. The smallest absolute Gasteiger partial charge is 0.270 e. The van der Waals surface area contributed by atoms with Crippen LogP contribution in [0.25, 0.3) is 0 Å². The van der Waals surface area contributed by atoms with Crippen LogP contribution in [0.4, 0.5) is 0 Å². The van der Waals surface area contributed by atoms with Gasteiger partial charge in [0, 0.05) is 30.4 Å². The summed E-state index contributed by atoms with van der Waals surface area (Å²) in [6.07, 6.45) is 3.33. The van der Waals surface area contributed by atoms with Crippen LogP contribution in [-0.2, 0) is 6.42 Å². The minimum atomic E-state index is 0. The molecular formula is C16H26ClN3O2. The van der Waals surface area contributed by atoms with Crippen molar-refractivity contribution in [2.45, 2.75) is 52.5 Å².